The molecule has 3 nitrogen and oxygen atoms in total. The number of rotatable bonds is 3. The summed E-state index contributed by atoms with van der Waals surface area (Å²) in [6, 6.07) is 10.2. The van der Waals surface area contributed by atoms with Crippen LogP contribution in [0.4, 0.5) is 5.69 Å². The molecule has 1 N–H and O–H groups in total. The number of Topliss-reactive ketones (excluding diaryl/α,β-unsaturated/α-hetero) is 1. The molecule has 0 saturated heterocycles. The largest absolute Gasteiger partial charge is 0.325 e. The Balaban J connectivity index is 2.40. The lowest BCUT2D eigenvalue weighted by Gasteiger charge is -2.18. The van der Waals surface area contributed by atoms with Gasteiger partial charge in [0.05, 0.1) is 10.6 Å². The van der Waals surface area contributed by atoms with Gasteiger partial charge in [-0.2, -0.15) is 0 Å². The third-order valence-corrected chi connectivity index (χ3v) is 4.68. The molecule has 0 aliphatic carbocycles. The first-order valence-corrected chi connectivity index (χ1v) is 8.03. The number of carbonyl (C=O) groups excluding carboxylic acids is 2. The molecule has 0 saturated carbocycles. The molecule has 0 radical (unpaired) electrons. The zero-order valence-electron chi connectivity index (χ0n) is 13.6. The first-order chi connectivity index (χ1) is 10.2. The lowest BCUT2D eigenvalue weighted by molar-refractivity contribution is -0.114. The van der Waals surface area contributed by atoms with E-state index in [1.165, 1.54) is 30.7 Å². The van der Waals surface area contributed by atoms with Crippen molar-refractivity contribution in [3.8, 4) is 10.4 Å². The quantitative estimate of drug-likeness (QED) is 0.821. The second-order valence-electron chi connectivity index (χ2n) is 6.42. The van der Waals surface area contributed by atoms with E-state index in [9.17, 15) is 9.59 Å². The Labute approximate surface area is 135 Å². The summed E-state index contributed by atoms with van der Waals surface area (Å²) >= 11 is 1.41. The van der Waals surface area contributed by atoms with Crippen molar-refractivity contribution in [1.82, 2.24) is 0 Å². The van der Waals surface area contributed by atoms with Gasteiger partial charge in [-0.3, -0.25) is 9.59 Å². The van der Waals surface area contributed by atoms with Crippen molar-refractivity contribution < 1.29 is 9.59 Å². The molecule has 116 valence electrons. The van der Waals surface area contributed by atoms with E-state index < -0.39 is 0 Å². The fourth-order valence-electron chi connectivity index (χ4n) is 2.21. The lowest BCUT2D eigenvalue weighted by Crippen LogP contribution is -2.10. The van der Waals surface area contributed by atoms with E-state index in [-0.39, 0.29) is 17.1 Å². The number of benzene rings is 1. The minimum atomic E-state index is -0.171. The van der Waals surface area contributed by atoms with Crippen molar-refractivity contribution in [3.05, 3.63) is 40.8 Å². The van der Waals surface area contributed by atoms with Crippen LogP contribution in [0.1, 0.15) is 49.9 Å². The summed E-state index contributed by atoms with van der Waals surface area (Å²) in [6.07, 6.45) is 0. The van der Waals surface area contributed by atoms with Crippen molar-refractivity contribution in [3.63, 3.8) is 0 Å². The van der Waals surface area contributed by atoms with Gasteiger partial charge in [-0.1, -0.05) is 45.0 Å². The van der Waals surface area contributed by atoms with Gasteiger partial charge in [0.25, 0.3) is 0 Å². The van der Waals surface area contributed by atoms with Gasteiger partial charge in [0.15, 0.2) is 5.78 Å². The Hall–Kier alpha value is -1.94. The molecule has 0 atom stereocenters. The van der Waals surface area contributed by atoms with E-state index in [1.54, 1.807) is 0 Å². The van der Waals surface area contributed by atoms with Crippen molar-refractivity contribution in [2.45, 2.75) is 40.0 Å². The molecular weight excluding hydrogens is 294 g/mol. The molecule has 22 heavy (non-hydrogen) atoms. The van der Waals surface area contributed by atoms with E-state index in [2.05, 4.69) is 50.4 Å². The van der Waals surface area contributed by atoms with Gasteiger partial charge in [0, 0.05) is 18.7 Å². The van der Waals surface area contributed by atoms with Crippen LogP contribution in [0.25, 0.3) is 10.4 Å². The third-order valence-electron chi connectivity index (χ3n) is 3.40. The van der Waals surface area contributed by atoms with Crippen LogP contribution in [0.2, 0.25) is 0 Å². The average Bonchev–Trinajstić information content (AvgIpc) is 2.81. The summed E-state index contributed by atoms with van der Waals surface area (Å²) in [7, 11) is 0. The van der Waals surface area contributed by atoms with Gasteiger partial charge >= 0.3 is 0 Å². The standard InChI is InChI=1S/C18H21NO2S/c1-11(20)17-15(19-12(2)21)10-16(22-17)13-6-8-14(9-7-13)18(3,4)5/h6-10H,1-5H3,(H,19,21). The molecule has 0 aliphatic heterocycles. The second-order valence-corrected chi connectivity index (χ2v) is 7.47. The molecule has 1 aromatic heterocycles. The van der Waals surface area contributed by atoms with E-state index in [1.807, 2.05) is 6.07 Å². The van der Waals surface area contributed by atoms with Crippen LogP contribution < -0.4 is 5.32 Å². The maximum atomic E-state index is 11.7. The Bertz CT molecular complexity index is 706. The van der Waals surface area contributed by atoms with Gasteiger partial charge < -0.3 is 5.32 Å². The number of ketones is 1. The minimum Gasteiger partial charge on any atom is -0.325 e. The highest BCUT2D eigenvalue weighted by Gasteiger charge is 2.16. The Morgan fingerprint density at radius 3 is 2.09 bits per heavy atom. The number of hydrogen-bond donors (Lipinski definition) is 1. The first-order valence-electron chi connectivity index (χ1n) is 7.22. The molecule has 1 amide bonds. The molecule has 0 aliphatic rings. The Kier molecular flexibility index (Phi) is 4.52. The molecule has 1 heterocycles. The Morgan fingerprint density at radius 2 is 1.64 bits per heavy atom. The predicted octanol–water partition coefficient (Wildman–Crippen LogP) is 4.87. The summed E-state index contributed by atoms with van der Waals surface area (Å²) in [5, 5.41) is 2.73. The maximum Gasteiger partial charge on any atom is 0.221 e. The van der Waals surface area contributed by atoms with E-state index in [4.69, 9.17) is 0 Å². The highest BCUT2D eigenvalue weighted by Crippen LogP contribution is 2.36. The summed E-state index contributed by atoms with van der Waals surface area (Å²) in [4.78, 5) is 24.6. The molecule has 0 bridgehead atoms. The van der Waals surface area contributed by atoms with Crippen LogP contribution in [0.5, 0.6) is 0 Å². The topological polar surface area (TPSA) is 46.2 Å². The van der Waals surface area contributed by atoms with Crippen LogP contribution in [-0.4, -0.2) is 11.7 Å². The second kappa shape index (κ2) is 6.05. The number of anilines is 1. The monoisotopic (exact) mass is 315 g/mol. The number of thiophene rings is 1. The molecule has 0 unspecified atom stereocenters. The molecule has 1 aromatic carbocycles. The SMILES string of the molecule is CC(=O)Nc1cc(-c2ccc(C(C)(C)C)cc2)sc1C(C)=O. The van der Waals surface area contributed by atoms with Crippen LogP contribution in [0.15, 0.2) is 30.3 Å². The van der Waals surface area contributed by atoms with Crippen molar-refractivity contribution in [2.75, 3.05) is 5.32 Å². The number of hydrogen-bond acceptors (Lipinski definition) is 3. The average molecular weight is 315 g/mol. The van der Waals surface area contributed by atoms with Gasteiger partial charge in [0.1, 0.15) is 0 Å². The zero-order chi connectivity index (χ0) is 16.5. The van der Waals surface area contributed by atoms with Crippen LogP contribution in [0, 0.1) is 0 Å². The van der Waals surface area contributed by atoms with Crippen LogP contribution in [-0.2, 0) is 10.2 Å². The molecule has 2 rings (SSSR count). The molecule has 2 aromatic rings. The van der Waals surface area contributed by atoms with Gasteiger partial charge in [-0.15, -0.1) is 11.3 Å². The van der Waals surface area contributed by atoms with Crippen LogP contribution in [0.3, 0.4) is 0 Å². The van der Waals surface area contributed by atoms with E-state index in [0.717, 1.165) is 10.4 Å². The lowest BCUT2D eigenvalue weighted by atomic mass is 9.86. The summed E-state index contributed by atoms with van der Waals surface area (Å²) in [5.74, 6) is -0.207. The summed E-state index contributed by atoms with van der Waals surface area (Å²) in [6.45, 7) is 9.49. The summed E-state index contributed by atoms with van der Waals surface area (Å²) < 4.78 is 0. The zero-order valence-corrected chi connectivity index (χ0v) is 14.4. The van der Waals surface area contributed by atoms with Gasteiger partial charge in [-0.05, 0) is 22.6 Å². The highest BCUT2D eigenvalue weighted by atomic mass is 32.1. The van der Waals surface area contributed by atoms with Crippen molar-refractivity contribution in [2.24, 2.45) is 0 Å². The van der Waals surface area contributed by atoms with E-state index in [0.29, 0.717) is 10.6 Å². The molecular formula is C18H21NO2S. The number of nitrogens with one attached hydrogen (secondary N) is 1. The fourth-order valence-corrected chi connectivity index (χ4v) is 3.23. The van der Waals surface area contributed by atoms with Crippen molar-refractivity contribution >= 4 is 28.7 Å². The van der Waals surface area contributed by atoms with Gasteiger partial charge in [0.2, 0.25) is 5.91 Å². The summed E-state index contributed by atoms with van der Waals surface area (Å²) in [5.41, 5.74) is 3.03. The predicted molar refractivity (Wildman–Crippen MR) is 92.8 cm³/mol. The molecule has 4 heteroatoms. The molecule has 0 fully saturated rings. The Morgan fingerprint density at radius 1 is 1.05 bits per heavy atom. The fraction of sp³-hybridized carbons (Fsp3) is 0.333. The maximum absolute atomic E-state index is 11.7. The number of carbonyl (C=O) groups is 2. The van der Waals surface area contributed by atoms with Crippen LogP contribution >= 0.6 is 11.3 Å². The van der Waals surface area contributed by atoms with E-state index >= 15 is 0 Å². The van der Waals surface area contributed by atoms with Gasteiger partial charge in [-0.25, -0.2) is 0 Å². The highest BCUT2D eigenvalue weighted by molar-refractivity contribution is 7.18. The molecule has 0 spiro atoms. The first kappa shape index (κ1) is 16.4. The minimum absolute atomic E-state index is 0.0358. The smallest absolute Gasteiger partial charge is 0.221 e. The normalized spacial score (nSPS) is 11.3. The number of amides is 1. The van der Waals surface area contributed by atoms with Crippen molar-refractivity contribution in [1.29, 1.82) is 0 Å². The third kappa shape index (κ3) is 3.63.